The highest BCUT2D eigenvalue weighted by Crippen LogP contribution is 2.20. The Balaban J connectivity index is 2.02. The minimum Gasteiger partial charge on any atom is -0.0991 e. The van der Waals surface area contributed by atoms with Crippen LogP contribution in [0.4, 0.5) is 0 Å². The maximum atomic E-state index is 3.64. The van der Waals surface area contributed by atoms with Crippen LogP contribution in [0.5, 0.6) is 0 Å². The van der Waals surface area contributed by atoms with E-state index in [0.29, 0.717) is 0 Å². The fraction of sp³-hybridized carbons (Fsp3) is 0.100. The predicted octanol–water partition coefficient (Wildman–Crippen LogP) is 5.50. The Hall–Kier alpha value is -2.34. The van der Waals surface area contributed by atoms with Crippen LogP contribution in [0.2, 0.25) is 0 Å². The van der Waals surface area contributed by atoms with Crippen molar-refractivity contribution in [3.63, 3.8) is 0 Å². The van der Waals surface area contributed by atoms with Gasteiger partial charge in [-0.05, 0) is 30.0 Å². The maximum absolute atomic E-state index is 3.64. The van der Waals surface area contributed by atoms with Crippen LogP contribution in [0, 0.1) is 6.92 Å². The first-order chi connectivity index (χ1) is 9.79. The van der Waals surface area contributed by atoms with E-state index in [-0.39, 0.29) is 0 Å². The SMILES string of the molecule is C=C/C=C\C=C/Cc1ccc(-c2ccc(C)cc2)cc1. The van der Waals surface area contributed by atoms with E-state index < -0.39 is 0 Å². The zero-order chi connectivity index (χ0) is 14.2. The van der Waals surface area contributed by atoms with Crippen molar-refractivity contribution in [3.05, 3.63) is 96.6 Å². The van der Waals surface area contributed by atoms with E-state index >= 15 is 0 Å². The van der Waals surface area contributed by atoms with Gasteiger partial charge in [0.2, 0.25) is 0 Å². The van der Waals surface area contributed by atoms with Crippen LogP contribution < -0.4 is 0 Å². The summed E-state index contributed by atoms with van der Waals surface area (Å²) >= 11 is 0. The number of benzene rings is 2. The molecular formula is C20H20. The molecule has 0 heteroatoms. The first kappa shape index (κ1) is 14.1. The molecule has 2 aromatic rings. The van der Waals surface area contributed by atoms with Crippen LogP contribution in [0.25, 0.3) is 11.1 Å². The minimum absolute atomic E-state index is 0.954. The van der Waals surface area contributed by atoms with Gasteiger partial charge in [0.15, 0.2) is 0 Å². The molecule has 0 fully saturated rings. The highest BCUT2D eigenvalue weighted by Gasteiger charge is 1.97. The molecule has 0 saturated heterocycles. The van der Waals surface area contributed by atoms with Crippen molar-refractivity contribution in [3.8, 4) is 11.1 Å². The lowest BCUT2D eigenvalue weighted by molar-refractivity contribution is 1.27. The van der Waals surface area contributed by atoms with Crippen molar-refractivity contribution in [1.29, 1.82) is 0 Å². The third-order valence-corrected chi connectivity index (χ3v) is 3.19. The molecule has 100 valence electrons. The predicted molar refractivity (Wildman–Crippen MR) is 88.8 cm³/mol. The van der Waals surface area contributed by atoms with Crippen molar-refractivity contribution >= 4 is 0 Å². The van der Waals surface area contributed by atoms with Crippen molar-refractivity contribution in [1.82, 2.24) is 0 Å². The maximum Gasteiger partial charge on any atom is -0.00943 e. The summed E-state index contributed by atoms with van der Waals surface area (Å²) in [5.74, 6) is 0. The molecular weight excluding hydrogens is 240 g/mol. The number of hydrogen-bond donors (Lipinski definition) is 0. The molecule has 0 saturated carbocycles. The third kappa shape index (κ3) is 4.10. The van der Waals surface area contributed by atoms with Crippen LogP contribution in [-0.4, -0.2) is 0 Å². The van der Waals surface area contributed by atoms with Gasteiger partial charge in [-0.3, -0.25) is 0 Å². The van der Waals surface area contributed by atoms with Gasteiger partial charge in [0.05, 0.1) is 0 Å². The second-order valence-electron chi connectivity index (χ2n) is 4.82. The van der Waals surface area contributed by atoms with Crippen molar-refractivity contribution in [2.24, 2.45) is 0 Å². The zero-order valence-corrected chi connectivity index (χ0v) is 11.9. The van der Waals surface area contributed by atoms with Gasteiger partial charge in [-0.15, -0.1) is 0 Å². The first-order valence-electron chi connectivity index (χ1n) is 6.90. The summed E-state index contributed by atoms with van der Waals surface area (Å²) in [6, 6.07) is 17.4. The first-order valence-corrected chi connectivity index (χ1v) is 6.90. The summed E-state index contributed by atoms with van der Waals surface area (Å²) in [5.41, 5.74) is 5.16. The molecule has 0 aliphatic carbocycles. The normalized spacial score (nSPS) is 11.2. The minimum atomic E-state index is 0.954. The number of rotatable bonds is 5. The molecule has 0 amide bonds. The Kier molecular flexibility index (Phi) is 5.14. The van der Waals surface area contributed by atoms with E-state index in [1.54, 1.807) is 6.08 Å². The average molecular weight is 260 g/mol. The van der Waals surface area contributed by atoms with Crippen LogP contribution in [0.15, 0.2) is 85.5 Å². The summed E-state index contributed by atoms with van der Waals surface area (Å²) in [7, 11) is 0. The summed E-state index contributed by atoms with van der Waals surface area (Å²) in [6.07, 6.45) is 10.9. The fourth-order valence-corrected chi connectivity index (χ4v) is 2.00. The van der Waals surface area contributed by atoms with E-state index in [1.807, 2.05) is 12.2 Å². The fourth-order valence-electron chi connectivity index (χ4n) is 2.00. The van der Waals surface area contributed by atoms with E-state index in [1.165, 1.54) is 22.3 Å². The lowest BCUT2D eigenvalue weighted by Gasteiger charge is -2.03. The molecule has 0 radical (unpaired) electrons. The lowest BCUT2D eigenvalue weighted by atomic mass is 10.0. The van der Waals surface area contributed by atoms with Crippen LogP contribution in [0.1, 0.15) is 11.1 Å². The molecule has 0 aromatic heterocycles. The Morgan fingerprint density at radius 3 is 2.00 bits per heavy atom. The van der Waals surface area contributed by atoms with Gasteiger partial charge < -0.3 is 0 Å². The number of allylic oxidation sites excluding steroid dienone is 5. The standard InChI is InChI=1S/C20H20/c1-3-4-5-6-7-8-18-11-15-20(16-12-18)19-13-9-17(2)10-14-19/h3-7,9-16H,1,8H2,2H3/b5-4-,7-6-. The van der Waals surface area contributed by atoms with Crippen LogP contribution in [-0.2, 0) is 6.42 Å². The molecule has 0 nitrogen and oxygen atoms in total. The zero-order valence-electron chi connectivity index (χ0n) is 11.9. The summed E-state index contributed by atoms with van der Waals surface area (Å²) < 4.78 is 0. The molecule has 0 spiro atoms. The monoisotopic (exact) mass is 260 g/mol. The molecule has 0 aliphatic rings. The van der Waals surface area contributed by atoms with E-state index in [0.717, 1.165) is 6.42 Å². The van der Waals surface area contributed by atoms with Gasteiger partial charge in [-0.25, -0.2) is 0 Å². The summed E-state index contributed by atoms with van der Waals surface area (Å²) in [5, 5.41) is 0. The van der Waals surface area contributed by atoms with Gasteiger partial charge in [0.25, 0.3) is 0 Å². The number of aryl methyl sites for hydroxylation is 1. The van der Waals surface area contributed by atoms with Gasteiger partial charge in [-0.1, -0.05) is 91.1 Å². The van der Waals surface area contributed by atoms with E-state index in [9.17, 15) is 0 Å². The average Bonchev–Trinajstić information content (AvgIpc) is 2.49. The molecule has 0 unspecified atom stereocenters. The van der Waals surface area contributed by atoms with Crippen molar-refractivity contribution in [2.75, 3.05) is 0 Å². The van der Waals surface area contributed by atoms with Gasteiger partial charge in [0, 0.05) is 0 Å². The van der Waals surface area contributed by atoms with E-state index in [4.69, 9.17) is 0 Å². The Morgan fingerprint density at radius 2 is 1.40 bits per heavy atom. The molecule has 0 heterocycles. The molecule has 2 aromatic carbocycles. The highest BCUT2D eigenvalue weighted by atomic mass is 14.0. The topological polar surface area (TPSA) is 0 Å². The van der Waals surface area contributed by atoms with Gasteiger partial charge in [0.1, 0.15) is 0 Å². The van der Waals surface area contributed by atoms with Crippen LogP contribution >= 0.6 is 0 Å². The van der Waals surface area contributed by atoms with Gasteiger partial charge >= 0.3 is 0 Å². The summed E-state index contributed by atoms with van der Waals surface area (Å²) in [4.78, 5) is 0. The van der Waals surface area contributed by atoms with E-state index in [2.05, 4.69) is 74.2 Å². The number of hydrogen-bond acceptors (Lipinski definition) is 0. The summed E-state index contributed by atoms with van der Waals surface area (Å²) in [6.45, 7) is 5.75. The highest BCUT2D eigenvalue weighted by molar-refractivity contribution is 5.63. The molecule has 2 rings (SSSR count). The lowest BCUT2D eigenvalue weighted by Crippen LogP contribution is -1.82. The molecule has 0 N–H and O–H groups in total. The van der Waals surface area contributed by atoms with Crippen molar-refractivity contribution < 1.29 is 0 Å². The van der Waals surface area contributed by atoms with Gasteiger partial charge in [-0.2, -0.15) is 0 Å². The quantitative estimate of drug-likeness (QED) is 0.622. The molecule has 0 bridgehead atoms. The molecule has 20 heavy (non-hydrogen) atoms. The smallest absolute Gasteiger partial charge is 0.00943 e. The Morgan fingerprint density at radius 1 is 0.800 bits per heavy atom. The third-order valence-electron chi connectivity index (χ3n) is 3.19. The van der Waals surface area contributed by atoms with Crippen LogP contribution in [0.3, 0.4) is 0 Å². The Bertz CT molecular complexity index is 595. The Labute approximate surface area is 121 Å². The second-order valence-corrected chi connectivity index (χ2v) is 4.82. The second kappa shape index (κ2) is 7.30. The molecule has 0 atom stereocenters. The van der Waals surface area contributed by atoms with Crippen molar-refractivity contribution in [2.45, 2.75) is 13.3 Å². The largest absolute Gasteiger partial charge is 0.0991 e. The molecule has 0 aliphatic heterocycles.